The molecule has 7 heteroatoms. The van der Waals surface area contributed by atoms with E-state index in [9.17, 15) is 17.2 Å². The maximum absolute atomic E-state index is 13.8. The van der Waals surface area contributed by atoms with Crippen LogP contribution in [0.15, 0.2) is 17.0 Å². The summed E-state index contributed by atoms with van der Waals surface area (Å²) < 4.78 is 53.6. The van der Waals surface area contributed by atoms with Gasteiger partial charge in [-0.15, -0.1) is 0 Å². The van der Waals surface area contributed by atoms with Crippen LogP contribution >= 0.6 is 0 Å². The molecule has 20 heavy (non-hydrogen) atoms. The number of fused-ring (bicyclic) bond motifs is 2. The number of nitrogens with zero attached hydrogens (tertiary/aromatic N) is 1. The first-order valence-corrected chi connectivity index (χ1v) is 7.98. The minimum atomic E-state index is -4.05. The summed E-state index contributed by atoms with van der Waals surface area (Å²) in [4.78, 5) is -0.672. The molecule has 2 aliphatic rings. The van der Waals surface area contributed by atoms with Crippen LogP contribution in [0.4, 0.5) is 8.78 Å². The van der Waals surface area contributed by atoms with Crippen LogP contribution in [0.5, 0.6) is 0 Å². The fraction of sp³-hybridized carbons (Fsp3) is 0.538. The van der Waals surface area contributed by atoms with Crippen molar-refractivity contribution in [2.75, 3.05) is 6.54 Å². The molecule has 1 aliphatic heterocycles. The van der Waals surface area contributed by atoms with E-state index in [1.807, 2.05) is 0 Å². The van der Waals surface area contributed by atoms with Gasteiger partial charge in [0, 0.05) is 12.6 Å². The number of aliphatic hydroxyl groups excluding tert-OH is 1. The highest BCUT2D eigenvalue weighted by molar-refractivity contribution is 7.89. The molecule has 2 unspecified atom stereocenters. The fourth-order valence-electron chi connectivity index (χ4n) is 3.20. The van der Waals surface area contributed by atoms with Crippen LogP contribution in [-0.2, 0) is 16.6 Å². The van der Waals surface area contributed by atoms with Gasteiger partial charge in [0.05, 0.1) is 6.61 Å². The van der Waals surface area contributed by atoms with E-state index < -0.39 is 33.2 Å². The van der Waals surface area contributed by atoms with Gasteiger partial charge in [-0.25, -0.2) is 17.2 Å². The molecule has 3 rings (SSSR count). The lowest BCUT2D eigenvalue weighted by atomic mass is 10.1. The van der Waals surface area contributed by atoms with Crippen LogP contribution in [0.3, 0.4) is 0 Å². The van der Waals surface area contributed by atoms with Crippen LogP contribution < -0.4 is 0 Å². The van der Waals surface area contributed by atoms with Crippen LogP contribution in [0, 0.1) is 17.6 Å². The fourth-order valence-corrected chi connectivity index (χ4v) is 5.06. The van der Waals surface area contributed by atoms with Crippen LogP contribution in [0.1, 0.15) is 24.8 Å². The van der Waals surface area contributed by atoms with Gasteiger partial charge < -0.3 is 5.11 Å². The highest BCUT2D eigenvalue weighted by atomic mass is 32.2. The maximum Gasteiger partial charge on any atom is 0.246 e. The third-order valence-corrected chi connectivity index (χ3v) is 6.10. The van der Waals surface area contributed by atoms with Crippen LogP contribution in [0.25, 0.3) is 0 Å². The van der Waals surface area contributed by atoms with Gasteiger partial charge in [-0.2, -0.15) is 4.31 Å². The van der Waals surface area contributed by atoms with Crippen molar-refractivity contribution in [2.45, 2.75) is 36.8 Å². The molecule has 1 heterocycles. The maximum atomic E-state index is 13.8. The first kappa shape index (κ1) is 13.9. The van der Waals surface area contributed by atoms with Crippen molar-refractivity contribution in [2.24, 2.45) is 5.92 Å². The summed E-state index contributed by atoms with van der Waals surface area (Å²) in [6.45, 7) is -0.164. The molecule has 110 valence electrons. The van der Waals surface area contributed by atoms with Crippen LogP contribution in [0.2, 0.25) is 0 Å². The molecule has 1 aromatic carbocycles. The van der Waals surface area contributed by atoms with E-state index in [0.29, 0.717) is 12.5 Å². The van der Waals surface area contributed by atoms with Gasteiger partial charge in [0.25, 0.3) is 0 Å². The third-order valence-electron chi connectivity index (χ3n) is 4.18. The van der Waals surface area contributed by atoms with Crippen molar-refractivity contribution in [3.8, 4) is 0 Å². The quantitative estimate of drug-likeness (QED) is 0.923. The zero-order valence-corrected chi connectivity index (χ0v) is 11.5. The summed E-state index contributed by atoms with van der Waals surface area (Å²) in [7, 11) is -4.05. The Balaban J connectivity index is 2.05. The Morgan fingerprint density at radius 3 is 2.60 bits per heavy atom. The average molecular weight is 303 g/mol. The second kappa shape index (κ2) is 4.75. The summed E-state index contributed by atoms with van der Waals surface area (Å²) >= 11 is 0. The highest BCUT2D eigenvalue weighted by Gasteiger charge is 2.45. The summed E-state index contributed by atoms with van der Waals surface area (Å²) in [6, 6.07) is 1.72. The Labute approximate surface area is 116 Å². The number of piperidine rings is 1. The predicted molar refractivity (Wildman–Crippen MR) is 67.3 cm³/mol. The van der Waals surface area contributed by atoms with E-state index in [1.54, 1.807) is 0 Å². The van der Waals surface area contributed by atoms with Gasteiger partial charge >= 0.3 is 0 Å². The normalized spacial score (nSPS) is 26.4. The van der Waals surface area contributed by atoms with Gasteiger partial charge in [-0.3, -0.25) is 0 Å². The zero-order chi connectivity index (χ0) is 14.5. The number of hydrogen-bond acceptors (Lipinski definition) is 3. The summed E-state index contributed by atoms with van der Waals surface area (Å²) in [5.74, 6) is -2.30. The lowest BCUT2D eigenvalue weighted by Crippen LogP contribution is -2.38. The third kappa shape index (κ3) is 2.04. The summed E-state index contributed by atoms with van der Waals surface area (Å²) in [5.41, 5.74) is 0.0480. The van der Waals surface area contributed by atoms with E-state index in [0.717, 1.165) is 31.4 Å². The molecule has 4 nitrogen and oxygen atoms in total. The highest BCUT2D eigenvalue weighted by Crippen LogP contribution is 2.41. The zero-order valence-electron chi connectivity index (χ0n) is 10.7. The van der Waals surface area contributed by atoms with Gasteiger partial charge in [0.2, 0.25) is 10.0 Å². The first-order chi connectivity index (χ1) is 9.43. The minimum Gasteiger partial charge on any atom is -0.392 e. The largest absolute Gasteiger partial charge is 0.392 e. The van der Waals surface area contributed by atoms with Crippen molar-refractivity contribution < 1.29 is 22.3 Å². The number of benzene rings is 1. The van der Waals surface area contributed by atoms with E-state index in [-0.39, 0.29) is 11.6 Å². The first-order valence-electron chi connectivity index (χ1n) is 6.54. The number of halogens is 2. The lowest BCUT2D eigenvalue weighted by molar-refractivity contribution is 0.280. The summed E-state index contributed by atoms with van der Waals surface area (Å²) in [6.07, 6.45) is 2.56. The number of sulfonamides is 1. The molecule has 0 aromatic heterocycles. The Morgan fingerprint density at radius 1 is 1.30 bits per heavy atom. The Morgan fingerprint density at radius 2 is 2.05 bits per heavy atom. The molecule has 0 radical (unpaired) electrons. The summed E-state index contributed by atoms with van der Waals surface area (Å²) in [5, 5.41) is 9.02. The van der Waals surface area contributed by atoms with E-state index in [1.165, 1.54) is 4.31 Å². The number of aliphatic hydroxyl groups is 1. The second-order valence-corrected chi connectivity index (χ2v) is 7.31. The molecule has 1 aliphatic carbocycles. The Bertz CT molecular complexity index is 647. The molecule has 0 amide bonds. The van der Waals surface area contributed by atoms with Crippen molar-refractivity contribution in [3.63, 3.8) is 0 Å². The van der Waals surface area contributed by atoms with Gasteiger partial charge in [0.15, 0.2) is 11.6 Å². The molecule has 2 bridgehead atoms. The van der Waals surface area contributed by atoms with Gasteiger partial charge in [-0.05, 0) is 42.9 Å². The Kier molecular flexibility index (Phi) is 3.30. The van der Waals surface area contributed by atoms with Crippen molar-refractivity contribution >= 4 is 10.0 Å². The average Bonchev–Trinajstić information content (AvgIpc) is 3.04. The van der Waals surface area contributed by atoms with E-state index in [2.05, 4.69) is 0 Å². The van der Waals surface area contributed by atoms with Crippen LogP contribution in [-0.4, -0.2) is 30.4 Å². The van der Waals surface area contributed by atoms with E-state index >= 15 is 0 Å². The molecule has 2 fully saturated rings. The minimum absolute atomic E-state index is 0.0480. The van der Waals surface area contributed by atoms with Gasteiger partial charge in [-0.1, -0.05) is 0 Å². The standard InChI is InChI=1S/C13H15F2NO3S/c14-11-4-9(7-17)5-12(13(11)15)20(18,19)16-6-8-1-2-10(16)3-8/h4-5,8,10,17H,1-3,6-7H2. The predicted octanol–water partition coefficient (Wildman–Crippen LogP) is 1.63. The molecule has 2 atom stereocenters. The number of hydrogen-bond donors (Lipinski definition) is 1. The topological polar surface area (TPSA) is 57.6 Å². The number of rotatable bonds is 3. The molecular weight excluding hydrogens is 288 g/mol. The molecular formula is C13H15F2NO3S. The molecule has 1 N–H and O–H groups in total. The smallest absolute Gasteiger partial charge is 0.246 e. The van der Waals surface area contributed by atoms with Crippen molar-refractivity contribution in [1.29, 1.82) is 0 Å². The lowest BCUT2D eigenvalue weighted by Gasteiger charge is -2.26. The molecule has 0 spiro atoms. The molecule has 1 aromatic rings. The van der Waals surface area contributed by atoms with Crippen molar-refractivity contribution in [1.82, 2.24) is 4.31 Å². The monoisotopic (exact) mass is 303 g/mol. The Hall–Kier alpha value is -1.05. The molecule has 1 saturated carbocycles. The SMILES string of the molecule is O=S(=O)(c1cc(CO)cc(F)c1F)N1CC2CCC1C2. The second-order valence-electron chi connectivity index (χ2n) is 5.46. The molecule has 1 saturated heterocycles. The van der Waals surface area contributed by atoms with E-state index in [4.69, 9.17) is 5.11 Å². The van der Waals surface area contributed by atoms with Gasteiger partial charge in [0.1, 0.15) is 4.90 Å². The van der Waals surface area contributed by atoms with Crippen molar-refractivity contribution in [3.05, 3.63) is 29.3 Å².